The number of hydrogen-bond acceptors (Lipinski definition) is 3. The van der Waals surface area contributed by atoms with E-state index in [1.54, 1.807) is 0 Å². The lowest BCUT2D eigenvalue weighted by Crippen LogP contribution is -2.39. The third-order valence-corrected chi connectivity index (χ3v) is 5.72. The van der Waals surface area contributed by atoms with Gasteiger partial charge in [0.1, 0.15) is 5.69 Å². The second-order valence-corrected chi connectivity index (χ2v) is 7.68. The number of carbonyl (C=O) groups excluding carboxylic acids is 1. The highest BCUT2D eigenvalue weighted by molar-refractivity contribution is 5.92. The number of benzene rings is 1. The summed E-state index contributed by atoms with van der Waals surface area (Å²) in [4.78, 5) is 15.3. The summed E-state index contributed by atoms with van der Waals surface area (Å²) in [5.74, 6) is 0.683. The highest BCUT2D eigenvalue weighted by Gasteiger charge is 2.35. The zero-order chi connectivity index (χ0) is 17.9. The summed E-state index contributed by atoms with van der Waals surface area (Å²) in [7, 11) is 0. The number of aromatic nitrogens is 2. The van der Waals surface area contributed by atoms with Gasteiger partial charge in [0.05, 0.1) is 6.04 Å². The van der Waals surface area contributed by atoms with Gasteiger partial charge in [0, 0.05) is 25.3 Å². The van der Waals surface area contributed by atoms with E-state index >= 15 is 0 Å². The van der Waals surface area contributed by atoms with Gasteiger partial charge in [0.25, 0.3) is 5.91 Å². The number of rotatable bonds is 6. The maximum Gasteiger partial charge on any atom is 0.274 e. The van der Waals surface area contributed by atoms with E-state index in [0.29, 0.717) is 24.2 Å². The fraction of sp³-hybridized carbons (Fsp3) is 0.524. The van der Waals surface area contributed by atoms with E-state index in [4.69, 9.17) is 0 Å². The van der Waals surface area contributed by atoms with E-state index in [1.165, 1.54) is 18.4 Å². The van der Waals surface area contributed by atoms with Crippen molar-refractivity contribution in [3.05, 3.63) is 53.9 Å². The number of nitrogens with one attached hydrogen (secondary N) is 1. The van der Waals surface area contributed by atoms with Crippen molar-refractivity contribution in [2.75, 3.05) is 13.1 Å². The molecule has 5 heteroatoms. The Labute approximate surface area is 155 Å². The number of carbonyl (C=O) groups is 1. The molecule has 2 aromatic rings. The van der Waals surface area contributed by atoms with E-state index < -0.39 is 0 Å². The standard InChI is InChI=1S/C21H28N4O/c1-16(18-9-10-18)24(15-17-6-3-2-4-7-17)21(26)20-11-13-25(23-20)19-8-5-12-22-14-19/h2-4,6-7,11,13,16,18-19,22H,5,8-10,12,14-15H2,1H3. The molecule has 4 rings (SSSR count). The van der Waals surface area contributed by atoms with Crippen molar-refractivity contribution in [1.82, 2.24) is 20.0 Å². The molecule has 1 amide bonds. The summed E-state index contributed by atoms with van der Waals surface area (Å²) < 4.78 is 1.97. The van der Waals surface area contributed by atoms with Gasteiger partial charge < -0.3 is 10.2 Å². The largest absolute Gasteiger partial charge is 0.330 e. The predicted molar refractivity (Wildman–Crippen MR) is 102 cm³/mol. The molecular formula is C21H28N4O. The van der Waals surface area contributed by atoms with E-state index in [2.05, 4.69) is 29.5 Å². The summed E-state index contributed by atoms with van der Waals surface area (Å²) in [6.45, 7) is 4.84. The Hall–Kier alpha value is -2.14. The molecule has 26 heavy (non-hydrogen) atoms. The normalized spacial score (nSPS) is 21.3. The lowest BCUT2D eigenvalue weighted by atomic mass is 10.1. The highest BCUT2D eigenvalue weighted by atomic mass is 16.2. The van der Waals surface area contributed by atoms with Crippen LogP contribution in [0.4, 0.5) is 0 Å². The van der Waals surface area contributed by atoms with Gasteiger partial charge in [-0.1, -0.05) is 30.3 Å². The Morgan fingerprint density at radius 2 is 2.08 bits per heavy atom. The maximum absolute atomic E-state index is 13.3. The van der Waals surface area contributed by atoms with Crippen molar-refractivity contribution in [2.24, 2.45) is 5.92 Å². The average molecular weight is 352 g/mol. The van der Waals surface area contributed by atoms with Crippen LogP contribution in [0.15, 0.2) is 42.6 Å². The minimum Gasteiger partial charge on any atom is -0.330 e. The molecule has 0 radical (unpaired) electrons. The molecule has 1 aliphatic heterocycles. The first-order chi connectivity index (χ1) is 12.7. The number of hydrogen-bond donors (Lipinski definition) is 1. The van der Waals surface area contributed by atoms with Gasteiger partial charge in [0.15, 0.2) is 0 Å². The second-order valence-electron chi connectivity index (χ2n) is 7.68. The van der Waals surface area contributed by atoms with Crippen molar-refractivity contribution in [1.29, 1.82) is 0 Å². The van der Waals surface area contributed by atoms with Gasteiger partial charge in [-0.2, -0.15) is 5.10 Å². The minimum absolute atomic E-state index is 0.0516. The fourth-order valence-electron chi connectivity index (χ4n) is 3.88. The van der Waals surface area contributed by atoms with E-state index in [0.717, 1.165) is 25.9 Å². The molecule has 2 heterocycles. The Kier molecular flexibility index (Phi) is 5.07. The van der Waals surface area contributed by atoms with Crippen LogP contribution < -0.4 is 5.32 Å². The summed E-state index contributed by atoms with van der Waals surface area (Å²) in [5, 5.41) is 8.06. The third kappa shape index (κ3) is 3.83. The summed E-state index contributed by atoms with van der Waals surface area (Å²) >= 11 is 0. The molecule has 2 atom stereocenters. The molecule has 0 spiro atoms. The number of amides is 1. The molecule has 0 bridgehead atoms. The molecule has 1 N–H and O–H groups in total. The second kappa shape index (κ2) is 7.62. The van der Waals surface area contributed by atoms with Gasteiger partial charge in [-0.3, -0.25) is 9.48 Å². The van der Waals surface area contributed by atoms with E-state index in [1.807, 2.05) is 40.0 Å². The molecule has 1 aromatic heterocycles. The molecule has 1 saturated heterocycles. The Morgan fingerprint density at radius 1 is 1.27 bits per heavy atom. The van der Waals surface area contributed by atoms with E-state index in [9.17, 15) is 4.79 Å². The van der Waals surface area contributed by atoms with Gasteiger partial charge in [-0.05, 0) is 56.7 Å². The van der Waals surface area contributed by atoms with Crippen LogP contribution in [-0.4, -0.2) is 39.7 Å². The molecule has 2 unspecified atom stereocenters. The van der Waals surface area contributed by atoms with Gasteiger partial charge >= 0.3 is 0 Å². The lowest BCUT2D eigenvalue weighted by Gasteiger charge is -2.29. The molecule has 138 valence electrons. The van der Waals surface area contributed by atoms with Crippen LogP contribution in [0.3, 0.4) is 0 Å². The zero-order valence-electron chi connectivity index (χ0n) is 15.5. The molecule has 2 fully saturated rings. The first-order valence-electron chi connectivity index (χ1n) is 9.83. The Balaban J connectivity index is 1.52. The van der Waals surface area contributed by atoms with Gasteiger partial charge in [-0.15, -0.1) is 0 Å². The van der Waals surface area contributed by atoms with Crippen molar-refractivity contribution in [3.63, 3.8) is 0 Å². The predicted octanol–water partition coefficient (Wildman–Crippen LogP) is 3.25. The van der Waals surface area contributed by atoms with Crippen molar-refractivity contribution in [2.45, 2.75) is 51.2 Å². The molecule has 1 aliphatic carbocycles. The average Bonchev–Trinajstić information content (AvgIpc) is 3.43. The van der Waals surface area contributed by atoms with E-state index in [-0.39, 0.29) is 11.9 Å². The SMILES string of the molecule is CC(C1CC1)N(Cc1ccccc1)C(=O)c1ccn(C2CCCNC2)n1. The van der Waals surface area contributed by atoms with Crippen LogP contribution in [0.5, 0.6) is 0 Å². The van der Waals surface area contributed by atoms with Gasteiger partial charge in [-0.25, -0.2) is 0 Å². The molecule has 5 nitrogen and oxygen atoms in total. The number of nitrogens with zero attached hydrogens (tertiary/aromatic N) is 3. The fourth-order valence-corrected chi connectivity index (χ4v) is 3.88. The van der Waals surface area contributed by atoms with Crippen LogP contribution in [0.2, 0.25) is 0 Å². The van der Waals surface area contributed by atoms with Crippen LogP contribution in [0.1, 0.15) is 54.7 Å². The van der Waals surface area contributed by atoms with Crippen LogP contribution in [-0.2, 0) is 6.54 Å². The first-order valence-corrected chi connectivity index (χ1v) is 9.83. The lowest BCUT2D eigenvalue weighted by molar-refractivity contribution is 0.0646. The maximum atomic E-state index is 13.3. The van der Waals surface area contributed by atoms with Crippen molar-refractivity contribution >= 4 is 5.91 Å². The quantitative estimate of drug-likeness (QED) is 0.868. The summed E-state index contributed by atoms with van der Waals surface area (Å²) in [6, 6.07) is 12.8. The van der Waals surface area contributed by atoms with Gasteiger partial charge in [0.2, 0.25) is 0 Å². The van der Waals surface area contributed by atoms with Crippen LogP contribution in [0, 0.1) is 5.92 Å². The molecule has 2 aliphatic rings. The minimum atomic E-state index is 0.0516. The zero-order valence-corrected chi connectivity index (χ0v) is 15.5. The first kappa shape index (κ1) is 17.3. The monoisotopic (exact) mass is 352 g/mol. The van der Waals surface area contributed by atoms with Crippen LogP contribution >= 0.6 is 0 Å². The smallest absolute Gasteiger partial charge is 0.274 e. The molecule has 1 aromatic carbocycles. The summed E-state index contributed by atoms with van der Waals surface area (Å²) in [6.07, 6.45) is 6.69. The Bertz CT molecular complexity index is 731. The highest BCUT2D eigenvalue weighted by Crippen LogP contribution is 2.36. The molecular weight excluding hydrogens is 324 g/mol. The summed E-state index contributed by atoms with van der Waals surface area (Å²) in [5.41, 5.74) is 1.74. The number of piperidine rings is 1. The van der Waals surface area contributed by atoms with Crippen molar-refractivity contribution in [3.8, 4) is 0 Å². The Morgan fingerprint density at radius 3 is 2.77 bits per heavy atom. The molecule has 1 saturated carbocycles. The van der Waals surface area contributed by atoms with Crippen LogP contribution in [0.25, 0.3) is 0 Å². The third-order valence-electron chi connectivity index (χ3n) is 5.72. The van der Waals surface area contributed by atoms with Crippen molar-refractivity contribution < 1.29 is 4.79 Å². The topological polar surface area (TPSA) is 50.2 Å².